The summed E-state index contributed by atoms with van der Waals surface area (Å²) in [6, 6.07) is 16.4. The predicted octanol–water partition coefficient (Wildman–Crippen LogP) is 4.15. The molecule has 0 unspecified atom stereocenters. The molecular weight excluding hydrogens is 494 g/mol. The van der Waals surface area contributed by atoms with Crippen molar-refractivity contribution in [1.29, 1.82) is 0 Å². The topological polar surface area (TPSA) is 82.3 Å². The predicted molar refractivity (Wildman–Crippen MR) is 138 cm³/mol. The summed E-state index contributed by atoms with van der Waals surface area (Å²) in [5, 5.41) is 3.87. The lowest BCUT2D eigenvalue weighted by Crippen LogP contribution is -2.39. The molecule has 0 aliphatic heterocycles. The first-order chi connectivity index (χ1) is 16.4. The second-order valence-electron chi connectivity index (χ2n) is 7.46. The maximum absolute atomic E-state index is 13.1. The highest BCUT2D eigenvalue weighted by atomic mass is 35.5. The van der Waals surface area contributed by atoms with E-state index in [0.29, 0.717) is 38.2 Å². The number of nitrogens with zero attached hydrogens (tertiary/aromatic N) is 2. The van der Waals surface area contributed by atoms with Crippen molar-refractivity contribution < 1.29 is 9.53 Å². The Bertz CT molecular complexity index is 1460. The Morgan fingerprint density at radius 3 is 2.65 bits per heavy atom. The zero-order valence-corrected chi connectivity index (χ0v) is 20.9. The number of aryl methyl sites for hydroxylation is 1. The van der Waals surface area contributed by atoms with Crippen molar-refractivity contribution in [2.45, 2.75) is 18.0 Å². The van der Waals surface area contributed by atoms with Crippen molar-refractivity contribution in [3.8, 4) is 5.75 Å². The smallest absolute Gasteiger partial charge is 0.331 e. The maximum atomic E-state index is 13.1. The van der Waals surface area contributed by atoms with E-state index in [4.69, 9.17) is 16.3 Å². The second kappa shape index (κ2) is 10.5. The summed E-state index contributed by atoms with van der Waals surface area (Å²) >= 11 is 8.57. The SMILES string of the molecule is COc1cccc(CNC(=O)c2cc3c(=O)n(CCSc4ccc(Cl)cc4)c(=O)n(C)c3s2)c1. The number of thiophene rings is 1. The van der Waals surface area contributed by atoms with Gasteiger partial charge in [-0.25, -0.2) is 4.79 Å². The largest absolute Gasteiger partial charge is 0.497 e. The quantitative estimate of drug-likeness (QED) is 0.356. The van der Waals surface area contributed by atoms with Gasteiger partial charge in [0.05, 0.1) is 17.4 Å². The fourth-order valence-corrected chi connectivity index (χ4v) is 5.42. The van der Waals surface area contributed by atoms with Crippen LogP contribution in [0.4, 0.5) is 0 Å². The van der Waals surface area contributed by atoms with E-state index in [9.17, 15) is 14.4 Å². The van der Waals surface area contributed by atoms with E-state index in [0.717, 1.165) is 21.8 Å². The van der Waals surface area contributed by atoms with Gasteiger partial charge in [0.15, 0.2) is 0 Å². The molecule has 0 saturated heterocycles. The molecule has 2 heterocycles. The Labute approximate surface area is 208 Å². The fraction of sp³-hybridized carbons (Fsp3) is 0.208. The minimum Gasteiger partial charge on any atom is -0.497 e. The first-order valence-corrected chi connectivity index (χ1v) is 12.6. The molecule has 10 heteroatoms. The van der Waals surface area contributed by atoms with Crippen molar-refractivity contribution in [1.82, 2.24) is 14.5 Å². The number of hydrogen-bond acceptors (Lipinski definition) is 6. The molecule has 0 spiro atoms. The number of amides is 1. The van der Waals surface area contributed by atoms with Crippen molar-refractivity contribution in [3.63, 3.8) is 0 Å². The van der Waals surface area contributed by atoms with Crippen LogP contribution in [0.15, 0.2) is 69.1 Å². The molecule has 7 nitrogen and oxygen atoms in total. The number of fused-ring (bicyclic) bond motifs is 1. The van der Waals surface area contributed by atoms with Gasteiger partial charge in [0.25, 0.3) is 11.5 Å². The molecule has 0 fully saturated rings. The molecule has 2 aromatic carbocycles. The zero-order valence-electron chi connectivity index (χ0n) is 18.5. The fourth-order valence-electron chi connectivity index (χ4n) is 3.43. The number of halogens is 1. The number of methoxy groups -OCH3 is 1. The van der Waals surface area contributed by atoms with Gasteiger partial charge in [-0.15, -0.1) is 23.1 Å². The van der Waals surface area contributed by atoms with E-state index < -0.39 is 11.2 Å². The summed E-state index contributed by atoms with van der Waals surface area (Å²) < 4.78 is 7.85. The van der Waals surface area contributed by atoms with Gasteiger partial charge < -0.3 is 10.1 Å². The lowest BCUT2D eigenvalue weighted by molar-refractivity contribution is 0.0955. The van der Waals surface area contributed by atoms with Gasteiger partial charge in [-0.05, 0) is 48.0 Å². The highest BCUT2D eigenvalue weighted by Gasteiger charge is 2.17. The number of carbonyl (C=O) groups excluding carboxylic acids is 1. The van der Waals surface area contributed by atoms with E-state index in [1.54, 1.807) is 32.4 Å². The Balaban J connectivity index is 1.52. The van der Waals surface area contributed by atoms with Crippen LogP contribution in [0.3, 0.4) is 0 Å². The first-order valence-electron chi connectivity index (χ1n) is 10.4. The van der Waals surface area contributed by atoms with Crippen molar-refractivity contribution in [2.24, 2.45) is 7.05 Å². The Hall–Kier alpha value is -3.01. The van der Waals surface area contributed by atoms with Crippen LogP contribution in [0.25, 0.3) is 10.2 Å². The van der Waals surface area contributed by atoms with E-state index in [1.165, 1.54) is 20.9 Å². The Morgan fingerprint density at radius 2 is 1.91 bits per heavy atom. The molecule has 0 aliphatic carbocycles. The third-order valence-corrected chi connectivity index (χ3v) is 7.67. The molecule has 0 saturated carbocycles. The summed E-state index contributed by atoms with van der Waals surface area (Å²) in [6.07, 6.45) is 0. The van der Waals surface area contributed by atoms with Gasteiger partial charge in [0, 0.05) is 35.8 Å². The van der Waals surface area contributed by atoms with Gasteiger partial charge in [0.2, 0.25) is 0 Å². The summed E-state index contributed by atoms with van der Waals surface area (Å²) in [5.41, 5.74) is 0.0963. The summed E-state index contributed by atoms with van der Waals surface area (Å²) in [7, 11) is 3.20. The van der Waals surface area contributed by atoms with Gasteiger partial charge >= 0.3 is 5.69 Å². The highest BCUT2D eigenvalue weighted by Crippen LogP contribution is 2.23. The third kappa shape index (κ3) is 5.22. The van der Waals surface area contributed by atoms with Gasteiger partial charge in [0.1, 0.15) is 10.6 Å². The molecule has 0 aliphatic rings. The molecular formula is C24H22ClN3O4S2. The third-order valence-electron chi connectivity index (χ3n) is 5.22. The second-order valence-corrected chi connectivity index (χ2v) is 10.1. The summed E-state index contributed by atoms with van der Waals surface area (Å²) in [6.45, 7) is 0.567. The maximum Gasteiger partial charge on any atom is 0.331 e. The minimum absolute atomic E-state index is 0.252. The van der Waals surface area contributed by atoms with Crippen molar-refractivity contribution in [2.75, 3.05) is 12.9 Å². The molecule has 2 aromatic heterocycles. The highest BCUT2D eigenvalue weighted by molar-refractivity contribution is 7.99. The number of benzene rings is 2. The number of rotatable bonds is 8. The Kier molecular flexibility index (Phi) is 7.45. The number of nitrogens with one attached hydrogen (secondary N) is 1. The van der Waals surface area contributed by atoms with Gasteiger partial charge in [-0.1, -0.05) is 23.7 Å². The average molecular weight is 516 g/mol. The molecule has 4 aromatic rings. The minimum atomic E-state index is -0.403. The Morgan fingerprint density at radius 1 is 1.15 bits per heavy atom. The standard InChI is InChI=1S/C24H22ClN3O4S2/c1-27-23-19(13-20(34-23)21(29)26-14-15-4-3-5-17(12-15)32-2)22(30)28(24(27)31)10-11-33-18-8-6-16(25)7-9-18/h3-9,12-13H,10-11,14H2,1-2H3,(H,26,29). The molecule has 0 radical (unpaired) electrons. The summed E-state index contributed by atoms with van der Waals surface area (Å²) in [4.78, 5) is 40.5. The number of hydrogen-bond donors (Lipinski definition) is 1. The van der Waals surface area contributed by atoms with E-state index in [2.05, 4.69) is 5.32 Å². The van der Waals surface area contributed by atoms with Crippen LogP contribution < -0.4 is 21.3 Å². The summed E-state index contributed by atoms with van der Waals surface area (Å²) in [5.74, 6) is 0.944. The molecule has 4 rings (SSSR count). The first kappa shape index (κ1) is 24.1. The van der Waals surface area contributed by atoms with Crippen molar-refractivity contribution in [3.05, 3.63) is 90.9 Å². The van der Waals surface area contributed by atoms with Crippen LogP contribution >= 0.6 is 34.7 Å². The average Bonchev–Trinajstić information content (AvgIpc) is 3.31. The van der Waals surface area contributed by atoms with E-state index in [1.807, 2.05) is 36.4 Å². The monoisotopic (exact) mass is 515 g/mol. The van der Waals surface area contributed by atoms with E-state index in [-0.39, 0.29) is 12.5 Å². The normalized spacial score (nSPS) is 11.0. The number of carbonyl (C=O) groups is 1. The van der Waals surface area contributed by atoms with Crippen LogP contribution in [0.1, 0.15) is 15.2 Å². The van der Waals surface area contributed by atoms with Crippen LogP contribution in [0, 0.1) is 0 Å². The van der Waals surface area contributed by atoms with Crippen LogP contribution in [0.5, 0.6) is 5.75 Å². The lowest BCUT2D eigenvalue weighted by atomic mass is 10.2. The number of aromatic nitrogens is 2. The van der Waals surface area contributed by atoms with Crippen LogP contribution in [-0.2, 0) is 20.1 Å². The van der Waals surface area contributed by atoms with Crippen LogP contribution in [0.2, 0.25) is 5.02 Å². The molecule has 1 amide bonds. The van der Waals surface area contributed by atoms with Gasteiger partial charge in [-0.3, -0.25) is 18.7 Å². The molecule has 176 valence electrons. The molecule has 1 N–H and O–H groups in total. The van der Waals surface area contributed by atoms with E-state index >= 15 is 0 Å². The van der Waals surface area contributed by atoms with Crippen molar-refractivity contribution >= 4 is 50.8 Å². The van der Waals surface area contributed by atoms with Gasteiger partial charge in [-0.2, -0.15) is 0 Å². The van der Waals surface area contributed by atoms with Crippen LogP contribution in [-0.4, -0.2) is 27.9 Å². The molecule has 0 bridgehead atoms. The zero-order chi connectivity index (χ0) is 24.2. The number of ether oxygens (including phenoxy) is 1. The molecule has 0 atom stereocenters. The lowest BCUT2D eigenvalue weighted by Gasteiger charge is -2.08. The number of thioether (sulfide) groups is 1. The molecule has 34 heavy (non-hydrogen) atoms.